The average molecular weight is 281 g/mol. The maximum absolute atomic E-state index is 12.4. The molecule has 0 radical (unpaired) electrons. The Kier molecular flexibility index (Phi) is 5.83. The topological polar surface area (TPSA) is 52.7 Å². The molecule has 2 aliphatic heterocycles. The molecular formula is C15H27N3O2. The molecule has 5 heteroatoms. The number of unbranched alkanes of at least 4 members (excludes halogenated alkanes) is 1. The first-order valence-electron chi connectivity index (χ1n) is 7.99. The number of amides is 2. The quantitative estimate of drug-likeness (QED) is 0.757. The van der Waals surface area contributed by atoms with Gasteiger partial charge >= 0.3 is 0 Å². The molecule has 2 amide bonds. The molecule has 2 saturated heterocycles. The van der Waals surface area contributed by atoms with Crippen molar-refractivity contribution in [3.05, 3.63) is 0 Å². The third-order valence-electron chi connectivity index (χ3n) is 4.23. The highest BCUT2D eigenvalue weighted by Crippen LogP contribution is 2.12. The van der Waals surface area contributed by atoms with Gasteiger partial charge in [-0.3, -0.25) is 9.59 Å². The Hall–Kier alpha value is -1.10. The van der Waals surface area contributed by atoms with Crippen molar-refractivity contribution in [1.82, 2.24) is 15.1 Å². The van der Waals surface area contributed by atoms with Gasteiger partial charge in [0, 0.05) is 32.1 Å². The summed E-state index contributed by atoms with van der Waals surface area (Å²) in [6.45, 7) is 5.82. The molecule has 2 heterocycles. The monoisotopic (exact) mass is 281 g/mol. The van der Waals surface area contributed by atoms with E-state index in [9.17, 15) is 9.59 Å². The zero-order valence-corrected chi connectivity index (χ0v) is 12.6. The van der Waals surface area contributed by atoms with Crippen LogP contribution in [-0.4, -0.2) is 60.4 Å². The van der Waals surface area contributed by atoms with Crippen LogP contribution in [0.5, 0.6) is 0 Å². The summed E-state index contributed by atoms with van der Waals surface area (Å²) < 4.78 is 0. The summed E-state index contributed by atoms with van der Waals surface area (Å²) in [5.74, 6) is 0.246. The van der Waals surface area contributed by atoms with Crippen LogP contribution in [0, 0.1) is 0 Å². The molecule has 0 aromatic carbocycles. The Morgan fingerprint density at radius 2 is 2.30 bits per heavy atom. The number of likely N-dealkylation sites (tertiary alicyclic amines) is 1. The second-order valence-corrected chi connectivity index (χ2v) is 5.91. The zero-order chi connectivity index (χ0) is 14.4. The number of hydrogen-bond acceptors (Lipinski definition) is 3. The molecule has 0 aliphatic carbocycles. The molecule has 2 aliphatic rings. The van der Waals surface area contributed by atoms with Crippen molar-refractivity contribution in [2.45, 2.75) is 51.5 Å². The Bertz CT molecular complexity index is 340. The fourth-order valence-corrected chi connectivity index (χ4v) is 2.98. The van der Waals surface area contributed by atoms with Gasteiger partial charge in [0.15, 0.2) is 0 Å². The molecule has 1 N–H and O–H groups in total. The number of carbonyl (C=O) groups excluding carboxylic acids is 2. The van der Waals surface area contributed by atoms with Crippen molar-refractivity contribution >= 4 is 11.8 Å². The first-order valence-corrected chi connectivity index (χ1v) is 7.99. The van der Waals surface area contributed by atoms with Crippen molar-refractivity contribution < 1.29 is 9.59 Å². The largest absolute Gasteiger partial charge is 0.340 e. The van der Waals surface area contributed by atoms with Gasteiger partial charge in [0.2, 0.25) is 11.8 Å². The lowest BCUT2D eigenvalue weighted by Crippen LogP contribution is -2.46. The number of carbonyl (C=O) groups is 2. The minimum Gasteiger partial charge on any atom is -0.340 e. The molecule has 5 nitrogen and oxygen atoms in total. The molecule has 0 aromatic rings. The van der Waals surface area contributed by atoms with Crippen LogP contribution in [0.2, 0.25) is 0 Å². The van der Waals surface area contributed by atoms with Crippen LogP contribution in [0.1, 0.15) is 45.4 Å². The third kappa shape index (κ3) is 4.20. The smallest absolute Gasteiger partial charge is 0.242 e. The Labute approximate surface area is 121 Å². The van der Waals surface area contributed by atoms with Gasteiger partial charge in [-0.2, -0.15) is 0 Å². The van der Waals surface area contributed by atoms with Crippen molar-refractivity contribution in [3.63, 3.8) is 0 Å². The van der Waals surface area contributed by atoms with Crippen LogP contribution in [0.3, 0.4) is 0 Å². The molecule has 1 unspecified atom stereocenters. The van der Waals surface area contributed by atoms with Crippen molar-refractivity contribution in [2.24, 2.45) is 0 Å². The van der Waals surface area contributed by atoms with E-state index in [-0.39, 0.29) is 18.4 Å². The van der Waals surface area contributed by atoms with Gasteiger partial charge in [0.25, 0.3) is 0 Å². The maximum Gasteiger partial charge on any atom is 0.242 e. The SMILES string of the molecule is CCCCN(CC1CCCN1)C(=O)CN1CCCC1=O. The molecular weight excluding hydrogens is 254 g/mol. The van der Waals surface area contributed by atoms with E-state index in [0.29, 0.717) is 12.5 Å². The van der Waals surface area contributed by atoms with Crippen molar-refractivity contribution in [1.29, 1.82) is 0 Å². The van der Waals surface area contributed by atoms with Crippen LogP contribution < -0.4 is 5.32 Å². The number of nitrogens with one attached hydrogen (secondary N) is 1. The van der Waals surface area contributed by atoms with E-state index in [1.54, 1.807) is 4.90 Å². The highest BCUT2D eigenvalue weighted by atomic mass is 16.2. The van der Waals surface area contributed by atoms with Crippen LogP contribution in [0.25, 0.3) is 0 Å². The van der Waals surface area contributed by atoms with Crippen molar-refractivity contribution in [3.8, 4) is 0 Å². The highest BCUT2D eigenvalue weighted by molar-refractivity contribution is 5.85. The Morgan fingerprint density at radius 3 is 2.90 bits per heavy atom. The van der Waals surface area contributed by atoms with Crippen LogP contribution in [-0.2, 0) is 9.59 Å². The van der Waals surface area contributed by atoms with Crippen molar-refractivity contribution in [2.75, 3.05) is 32.7 Å². The number of hydrogen-bond donors (Lipinski definition) is 1. The van der Waals surface area contributed by atoms with Gasteiger partial charge in [-0.05, 0) is 32.2 Å². The molecule has 20 heavy (non-hydrogen) atoms. The van der Waals surface area contributed by atoms with E-state index in [2.05, 4.69) is 12.2 Å². The first-order chi connectivity index (χ1) is 9.70. The lowest BCUT2D eigenvalue weighted by molar-refractivity contribution is -0.138. The van der Waals surface area contributed by atoms with Gasteiger partial charge < -0.3 is 15.1 Å². The molecule has 0 saturated carbocycles. The minimum absolute atomic E-state index is 0.113. The fourth-order valence-electron chi connectivity index (χ4n) is 2.98. The van der Waals surface area contributed by atoms with E-state index < -0.39 is 0 Å². The van der Waals surface area contributed by atoms with E-state index >= 15 is 0 Å². The molecule has 2 rings (SSSR count). The van der Waals surface area contributed by atoms with Gasteiger partial charge in [0.1, 0.15) is 0 Å². The lowest BCUT2D eigenvalue weighted by Gasteiger charge is -2.28. The molecule has 1 atom stereocenters. The molecule has 0 bridgehead atoms. The zero-order valence-electron chi connectivity index (χ0n) is 12.6. The predicted molar refractivity (Wildman–Crippen MR) is 78.3 cm³/mol. The molecule has 0 spiro atoms. The second-order valence-electron chi connectivity index (χ2n) is 5.91. The summed E-state index contributed by atoms with van der Waals surface area (Å²) in [6.07, 6.45) is 5.97. The summed E-state index contributed by atoms with van der Waals surface area (Å²) in [5.41, 5.74) is 0. The van der Waals surface area contributed by atoms with Crippen LogP contribution >= 0.6 is 0 Å². The Morgan fingerprint density at radius 1 is 1.45 bits per heavy atom. The average Bonchev–Trinajstić information content (AvgIpc) is 3.07. The second kappa shape index (κ2) is 7.62. The van der Waals surface area contributed by atoms with Gasteiger partial charge in [-0.15, -0.1) is 0 Å². The molecule has 2 fully saturated rings. The lowest BCUT2D eigenvalue weighted by atomic mass is 10.2. The summed E-state index contributed by atoms with van der Waals surface area (Å²) in [7, 11) is 0. The predicted octanol–water partition coefficient (Wildman–Crippen LogP) is 0.989. The third-order valence-corrected chi connectivity index (χ3v) is 4.23. The van der Waals surface area contributed by atoms with Gasteiger partial charge in [0.05, 0.1) is 6.54 Å². The fraction of sp³-hybridized carbons (Fsp3) is 0.867. The summed E-state index contributed by atoms with van der Waals surface area (Å²) in [5, 5.41) is 3.45. The highest BCUT2D eigenvalue weighted by Gasteiger charge is 2.26. The van der Waals surface area contributed by atoms with E-state index in [1.165, 1.54) is 6.42 Å². The maximum atomic E-state index is 12.4. The molecule has 114 valence electrons. The summed E-state index contributed by atoms with van der Waals surface area (Å²) in [6, 6.07) is 0.435. The number of rotatable bonds is 7. The molecule has 0 aromatic heterocycles. The van der Waals surface area contributed by atoms with E-state index in [1.807, 2.05) is 4.90 Å². The van der Waals surface area contributed by atoms with E-state index in [0.717, 1.165) is 51.9 Å². The minimum atomic E-state index is 0.113. The van der Waals surface area contributed by atoms with Gasteiger partial charge in [-0.1, -0.05) is 13.3 Å². The Balaban J connectivity index is 1.86. The van der Waals surface area contributed by atoms with E-state index in [4.69, 9.17) is 0 Å². The van der Waals surface area contributed by atoms with Gasteiger partial charge in [-0.25, -0.2) is 0 Å². The standard InChI is InChI=1S/C15H27N3O2/c1-2-3-9-17(11-13-6-4-8-16-13)15(20)12-18-10-5-7-14(18)19/h13,16H,2-12H2,1H3. The van der Waals surface area contributed by atoms with Crippen LogP contribution in [0.4, 0.5) is 0 Å². The summed E-state index contributed by atoms with van der Waals surface area (Å²) in [4.78, 5) is 27.7. The first kappa shape index (κ1) is 15.3. The summed E-state index contributed by atoms with van der Waals surface area (Å²) >= 11 is 0. The normalized spacial score (nSPS) is 22.6. The van der Waals surface area contributed by atoms with Crippen LogP contribution in [0.15, 0.2) is 0 Å². The number of nitrogens with zero attached hydrogens (tertiary/aromatic N) is 2.